The largest absolute Gasteiger partial charge is 0.504 e. The van der Waals surface area contributed by atoms with Gasteiger partial charge in [0.05, 0.1) is 7.11 Å². The predicted molar refractivity (Wildman–Crippen MR) is 73.8 cm³/mol. The second-order valence-corrected chi connectivity index (χ2v) is 4.19. The third kappa shape index (κ3) is 5.35. The summed E-state index contributed by atoms with van der Waals surface area (Å²) in [7, 11) is 1.49. The van der Waals surface area contributed by atoms with Crippen molar-refractivity contribution >= 4 is 5.91 Å². The predicted octanol–water partition coefficient (Wildman–Crippen LogP) is 2.21. The number of hydrogen-bond acceptors (Lipinski definition) is 3. The lowest BCUT2D eigenvalue weighted by Crippen LogP contribution is -2.22. The number of rotatable bonds is 7. The number of phenolic OH excluding ortho intramolecular Hbond substituents is 1. The van der Waals surface area contributed by atoms with E-state index in [-0.39, 0.29) is 11.7 Å². The first-order chi connectivity index (χ1) is 9.17. The van der Waals surface area contributed by atoms with Crippen molar-refractivity contribution in [1.29, 1.82) is 0 Å². The van der Waals surface area contributed by atoms with Crippen LogP contribution in [0.2, 0.25) is 0 Å². The maximum atomic E-state index is 11.6. The smallest absolute Gasteiger partial charge is 0.220 e. The highest BCUT2D eigenvalue weighted by molar-refractivity contribution is 5.75. The Bertz CT molecular complexity index is 463. The van der Waals surface area contributed by atoms with Crippen molar-refractivity contribution in [2.75, 3.05) is 7.11 Å². The number of carbonyl (C=O) groups is 1. The molecule has 0 atom stereocenters. The molecule has 0 aliphatic rings. The van der Waals surface area contributed by atoms with Crippen LogP contribution in [0.25, 0.3) is 0 Å². The third-order valence-electron chi connectivity index (χ3n) is 2.71. The standard InChI is InChI=1S/C15H19NO3/c1-3-4-5-6-7-15(18)16-11-12-8-9-13(17)14(10-12)19-2/h1,8-10,17H,4-7,11H2,2H3,(H,16,18). The molecule has 4 heteroatoms. The minimum absolute atomic E-state index is 0.00376. The van der Waals surface area contributed by atoms with Crippen molar-refractivity contribution in [3.05, 3.63) is 23.8 Å². The van der Waals surface area contributed by atoms with E-state index in [1.165, 1.54) is 7.11 Å². The number of benzene rings is 1. The molecule has 0 saturated heterocycles. The molecular formula is C15H19NO3. The van der Waals surface area contributed by atoms with E-state index in [1.807, 2.05) is 0 Å². The van der Waals surface area contributed by atoms with Crippen LogP contribution in [0.1, 0.15) is 31.2 Å². The minimum atomic E-state index is 0.00376. The summed E-state index contributed by atoms with van der Waals surface area (Å²) < 4.78 is 5.00. The van der Waals surface area contributed by atoms with Crippen molar-refractivity contribution in [1.82, 2.24) is 5.32 Å². The van der Waals surface area contributed by atoms with E-state index in [0.29, 0.717) is 25.1 Å². The number of aromatic hydroxyl groups is 1. The number of terminal acetylenes is 1. The second-order valence-electron chi connectivity index (χ2n) is 4.19. The summed E-state index contributed by atoms with van der Waals surface area (Å²) in [4.78, 5) is 11.6. The molecule has 0 fully saturated rings. The van der Waals surface area contributed by atoms with Gasteiger partial charge in [-0.2, -0.15) is 0 Å². The highest BCUT2D eigenvalue weighted by Gasteiger charge is 2.04. The lowest BCUT2D eigenvalue weighted by molar-refractivity contribution is -0.121. The molecule has 4 nitrogen and oxygen atoms in total. The fourth-order valence-electron chi connectivity index (χ4n) is 1.63. The lowest BCUT2D eigenvalue weighted by atomic mass is 10.1. The van der Waals surface area contributed by atoms with Gasteiger partial charge in [0.25, 0.3) is 0 Å². The average molecular weight is 261 g/mol. The number of amides is 1. The first-order valence-corrected chi connectivity index (χ1v) is 6.23. The van der Waals surface area contributed by atoms with Gasteiger partial charge in [0, 0.05) is 19.4 Å². The number of carbonyl (C=O) groups excluding carboxylic acids is 1. The molecule has 0 aliphatic carbocycles. The molecule has 0 aliphatic heterocycles. The molecule has 1 amide bonds. The zero-order valence-corrected chi connectivity index (χ0v) is 11.1. The SMILES string of the molecule is C#CCCCCC(=O)NCc1ccc(O)c(OC)c1. The molecule has 102 valence electrons. The lowest BCUT2D eigenvalue weighted by Gasteiger charge is -2.08. The van der Waals surface area contributed by atoms with Crippen LogP contribution in [0.3, 0.4) is 0 Å². The summed E-state index contributed by atoms with van der Waals surface area (Å²) in [5.41, 5.74) is 0.881. The van der Waals surface area contributed by atoms with E-state index >= 15 is 0 Å². The number of phenols is 1. The monoisotopic (exact) mass is 261 g/mol. The Hall–Kier alpha value is -2.15. The van der Waals surface area contributed by atoms with Gasteiger partial charge in [-0.05, 0) is 30.5 Å². The highest BCUT2D eigenvalue weighted by Crippen LogP contribution is 2.26. The molecule has 1 aromatic rings. The van der Waals surface area contributed by atoms with Gasteiger partial charge in [-0.3, -0.25) is 4.79 Å². The Morgan fingerprint density at radius 2 is 2.26 bits per heavy atom. The topological polar surface area (TPSA) is 58.6 Å². The van der Waals surface area contributed by atoms with Crippen molar-refractivity contribution in [3.8, 4) is 23.8 Å². The third-order valence-corrected chi connectivity index (χ3v) is 2.71. The molecule has 19 heavy (non-hydrogen) atoms. The Morgan fingerprint density at radius 3 is 2.95 bits per heavy atom. The molecule has 0 radical (unpaired) electrons. The normalized spacial score (nSPS) is 9.68. The van der Waals surface area contributed by atoms with Crippen LogP contribution in [0, 0.1) is 12.3 Å². The zero-order valence-electron chi connectivity index (χ0n) is 11.1. The van der Waals surface area contributed by atoms with Crippen LogP contribution in [0.5, 0.6) is 11.5 Å². The number of nitrogens with one attached hydrogen (secondary N) is 1. The molecule has 0 spiro atoms. The molecule has 0 heterocycles. The fraction of sp³-hybridized carbons (Fsp3) is 0.400. The average Bonchev–Trinajstić information content (AvgIpc) is 2.42. The second kappa shape index (κ2) is 8.04. The summed E-state index contributed by atoms with van der Waals surface area (Å²) in [6, 6.07) is 5.00. The van der Waals surface area contributed by atoms with Crippen molar-refractivity contribution in [3.63, 3.8) is 0 Å². The summed E-state index contributed by atoms with van der Waals surface area (Å²) in [6.07, 6.45) is 8.00. The van der Waals surface area contributed by atoms with Crippen molar-refractivity contribution in [2.24, 2.45) is 0 Å². The van der Waals surface area contributed by atoms with Gasteiger partial charge in [0.15, 0.2) is 11.5 Å². The Balaban J connectivity index is 2.36. The molecule has 0 bridgehead atoms. The van der Waals surface area contributed by atoms with Gasteiger partial charge < -0.3 is 15.2 Å². The van der Waals surface area contributed by atoms with Crippen LogP contribution in [-0.2, 0) is 11.3 Å². The first-order valence-electron chi connectivity index (χ1n) is 6.23. The van der Waals surface area contributed by atoms with Crippen LogP contribution in [0.15, 0.2) is 18.2 Å². The summed E-state index contributed by atoms with van der Waals surface area (Å²) >= 11 is 0. The van der Waals surface area contributed by atoms with Gasteiger partial charge in [0.1, 0.15) is 0 Å². The van der Waals surface area contributed by atoms with Crippen LogP contribution >= 0.6 is 0 Å². The quantitative estimate of drug-likeness (QED) is 0.584. The van der Waals surface area contributed by atoms with E-state index in [0.717, 1.165) is 18.4 Å². The minimum Gasteiger partial charge on any atom is -0.504 e. The molecule has 1 rings (SSSR count). The Labute approximate surface area is 113 Å². The first kappa shape index (κ1) is 14.9. The molecular weight excluding hydrogens is 242 g/mol. The maximum absolute atomic E-state index is 11.6. The van der Waals surface area contributed by atoms with Crippen LogP contribution in [-0.4, -0.2) is 18.1 Å². The van der Waals surface area contributed by atoms with Crippen LogP contribution in [0.4, 0.5) is 0 Å². The van der Waals surface area contributed by atoms with Crippen LogP contribution < -0.4 is 10.1 Å². The fourth-order valence-corrected chi connectivity index (χ4v) is 1.63. The molecule has 1 aromatic carbocycles. The van der Waals surface area contributed by atoms with E-state index < -0.39 is 0 Å². The Morgan fingerprint density at radius 1 is 1.47 bits per heavy atom. The number of ether oxygens (including phenoxy) is 1. The summed E-state index contributed by atoms with van der Waals surface area (Å²) in [6.45, 7) is 0.421. The summed E-state index contributed by atoms with van der Waals surface area (Å²) in [5, 5.41) is 12.3. The van der Waals surface area contributed by atoms with E-state index in [4.69, 9.17) is 11.2 Å². The van der Waals surface area contributed by atoms with E-state index in [9.17, 15) is 9.90 Å². The molecule has 0 unspecified atom stereocenters. The highest BCUT2D eigenvalue weighted by atomic mass is 16.5. The van der Waals surface area contributed by atoms with Crippen molar-refractivity contribution in [2.45, 2.75) is 32.2 Å². The van der Waals surface area contributed by atoms with Crippen molar-refractivity contribution < 1.29 is 14.6 Å². The zero-order chi connectivity index (χ0) is 14.1. The Kier molecular flexibility index (Phi) is 6.31. The number of unbranched alkanes of at least 4 members (excludes halogenated alkanes) is 2. The van der Waals surface area contributed by atoms with Gasteiger partial charge in [0.2, 0.25) is 5.91 Å². The number of hydrogen-bond donors (Lipinski definition) is 2. The van der Waals surface area contributed by atoms with Gasteiger partial charge in [-0.25, -0.2) is 0 Å². The molecule has 2 N–H and O–H groups in total. The van der Waals surface area contributed by atoms with E-state index in [1.54, 1.807) is 18.2 Å². The van der Waals surface area contributed by atoms with Gasteiger partial charge >= 0.3 is 0 Å². The van der Waals surface area contributed by atoms with Gasteiger partial charge in [-0.15, -0.1) is 12.3 Å². The molecule has 0 aromatic heterocycles. The summed E-state index contributed by atoms with van der Waals surface area (Å²) in [5.74, 6) is 3.04. The number of methoxy groups -OCH3 is 1. The van der Waals surface area contributed by atoms with Gasteiger partial charge in [-0.1, -0.05) is 6.07 Å². The maximum Gasteiger partial charge on any atom is 0.220 e. The van der Waals surface area contributed by atoms with E-state index in [2.05, 4.69) is 11.2 Å². The molecule has 0 saturated carbocycles.